The normalized spacial score (nSPS) is 23.5. The number of aliphatic hydroxyl groups is 1. The van der Waals surface area contributed by atoms with Crippen LogP contribution in [-0.4, -0.2) is 37.6 Å². The predicted octanol–water partition coefficient (Wildman–Crippen LogP) is 3.23. The Hall–Kier alpha value is -3.34. The first-order chi connectivity index (χ1) is 14.4. The summed E-state index contributed by atoms with van der Waals surface area (Å²) in [5.74, 6) is 0.233. The van der Waals surface area contributed by atoms with Crippen molar-refractivity contribution in [3.8, 4) is 11.3 Å². The lowest BCUT2D eigenvalue weighted by molar-refractivity contribution is -0.141. The number of hydrogen-bond acceptors (Lipinski definition) is 5. The van der Waals surface area contributed by atoms with Crippen molar-refractivity contribution in [3.63, 3.8) is 0 Å². The summed E-state index contributed by atoms with van der Waals surface area (Å²) >= 11 is 0. The van der Waals surface area contributed by atoms with Gasteiger partial charge in [-0.1, -0.05) is 24.3 Å². The Morgan fingerprint density at radius 3 is 2.48 bits per heavy atom. The summed E-state index contributed by atoms with van der Waals surface area (Å²) in [5.41, 5.74) is -1.68. The fourth-order valence-corrected chi connectivity index (χ4v) is 4.18. The Morgan fingerprint density at radius 2 is 1.94 bits per heavy atom. The lowest BCUT2D eigenvalue weighted by atomic mass is 9.62. The number of rotatable bonds is 4. The van der Waals surface area contributed by atoms with Gasteiger partial charge in [0.2, 0.25) is 5.71 Å². The molecule has 0 aliphatic heterocycles. The number of alkyl halides is 3. The number of hydrogen-bond donors (Lipinski definition) is 3. The average molecular weight is 437 g/mol. The second-order valence-corrected chi connectivity index (χ2v) is 8.06. The molecule has 3 N–H and O–H groups in total. The molecule has 0 bridgehead atoms. The molecule has 2 heterocycles. The monoisotopic (exact) mass is 437 g/mol. The van der Waals surface area contributed by atoms with Crippen molar-refractivity contribution in [2.45, 2.75) is 43.6 Å². The number of fused-ring (bicyclic) bond motifs is 1. The second-order valence-electron chi connectivity index (χ2n) is 8.06. The molecule has 1 aliphatic carbocycles. The maximum Gasteiger partial charge on any atom is 0.406 e. The van der Waals surface area contributed by atoms with Gasteiger partial charge in [-0.05, 0) is 18.6 Å². The maximum atomic E-state index is 12.6. The minimum Gasteiger partial charge on any atom is -0.465 e. The first-order valence-electron chi connectivity index (χ1n) is 9.28. The summed E-state index contributed by atoms with van der Waals surface area (Å²) < 4.78 is 43.9. The fraction of sp³-hybridized carbons (Fsp3) is 0.350. The summed E-state index contributed by atoms with van der Waals surface area (Å²) in [6.45, 7) is 0.169. The molecule has 1 amide bonds. The van der Waals surface area contributed by atoms with E-state index < -0.39 is 35.5 Å². The van der Waals surface area contributed by atoms with Gasteiger partial charge < -0.3 is 19.9 Å². The van der Waals surface area contributed by atoms with E-state index in [-0.39, 0.29) is 29.7 Å². The molecule has 1 aliphatic rings. The number of carbonyl (C=O) groups is 1. The molecule has 11 heteroatoms. The highest BCUT2D eigenvalue weighted by atomic mass is 19.4. The quantitative estimate of drug-likeness (QED) is 0.577. The molecule has 1 fully saturated rings. The highest BCUT2D eigenvalue weighted by Crippen LogP contribution is 2.48. The molecule has 4 rings (SSSR count). The Kier molecular flexibility index (Phi) is 4.61. The molecule has 0 unspecified atom stereocenters. The van der Waals surface area contributed by atoms with Crippen LogP contribution >= 0.6 is 0 Å². The van der Waals surface area contributed by atoms with Crippen molar-refractivity contribution < 1.29 is 32.6 Å². The molecule has 31 heavy (non-hydrogen) atoms. The van der Waals surface area contributed by atoms with Gasteiger partial charge in [-0.15, -0.1) is 0 Å². The van der Waals surface area contributed by atoms with Crippen molar-refractivity contribution >= 4 is 17.2 Å². The van der Waals surface area contributed by atoms with Gasteiger partial charge in [0.05, 0.1) is 11.1 Å². The summed E-state index contributed by atoms with van der Waals surface area (Å²) in [5, 5.41) is 21.6. The number of carboxylic acid groups (broad SMARTS) is 1. The number of aromatic nitrogens is 2. The molecule has 0 spiro atoms. The molecule has 0 atom stereocenters. The second kappa shape index (κ2) is 6.84. The smallest absolute Gasteiger partial charge is 0.406 e. The van der Waals surface area contributed by atoms with Crippen molar-refractivity contribution in [1.82, 2.24) is 14.9 Å². The SMILES string of the molecule is C[C@]1(O)C[C@](NC(=O)O)(c2ccc(-c3cc4c(=O)n(CC(F)(F)F)cnc4o3)cc2)C1. The van der Waals surface area contributed by atoms with Gasteiger partial charge in [0.15, 0.2) is 0 Å². The fourth-order valence-electron chi connectivity index (χ4n) is 4.18. The lowest BCUT2D eigenvalue weighted by Crippen LogP contribution is -2.61. The largest absolute Gasteiger partial charge is 0.465 e. The van der Waals surface area contributed by atoms with E-state index in [9.17, 15) is 27.9 Å². The topological polar surface area (TPSA) is 118 Å². The van der Waals surface area contributed by atoms with Crippen LogP contribution in [0.4, 0.5) is 18.0 Å². The standard InChI is InChI=1S/C20H18F3N3O5/c1-18(30)7-19(8-18,25-17(28)29)12-4-2-11(3-5-12)14-6-13-15(31-14)24-10-26(16(13)27)9-20(21,22)23/h2-6,10,25,30H,7-9H2,1H3,(H,28,29)/t18-,19+. The van der Waals surface area contributed by atoms with Crippen LogP contribution in [0.2, 0.25) is 0 Å². The van der Waals surface area contributed by atoms with Gasteiger partial charge in [-0.3, -0.25) is 9.36 Å². The Balaban J connectivity index is 1.65. The van der Waals surface area contributed by atoms with E-state index in [0.29, 0.717) is 15.7 Å². The van der Waals surface area contributed by atoms with Crippen molar-refractivity contribution in [2.75, 3.05) is 0 Å². The first kappa shape index (κ1) is 20.9. The van der Waals surface area contributed by atoms with E-state index in [2.05, 4.69) is 10.3 Å². The van der Waals surface area contributed by atoms with Crippen LogP contribution in [0, 0.1) is 0 Å². The van der Waals surface area contributed by atoms with Crippen LogP contribution in [0.3, 0.4) is 0 Å². The van der Waals surface area contributed by atoms with Crippen LogP contribution in [-0.2, 0) is 12.1 Å². The third kappa shape index (κ3) is 4.00. The van der Waals surface area contributed by atoms with E-state index in [1.165, 1.54) is 6.07 Å². The number of amides is 1. The number of benzene rings is 1. The summed E-state index contributed by atoms with van der Waals surface area (Å²) in [4.78, 5) is 27.3. The molecular weight excluding hydrogens is 419 g/mol. The minimum atomic E-state index is -4.56. The van der Waals surface area contributed by atoms with Gasteiger partial charge in [0.25, 0.3) is 5.56 Å². The van der Waals surface area contributed by atoms with E-state index in [1.807, 2.05) is 0 Å². The van der Waals surface area contributed by atoms with Gasteiger partial charge in [0, 0.05) is 18.4 Å². The molecular formula is C20H18F3N3O5. The highest BCUT2D eigenvalue weighted by Gasteiger charge is 2.53. The molecule has 3 aromatic rings. The number of furan rings is 1. The Bertz CT molecular complexity index is 1200. The summed E-state index contributed by atoms with van der Waals surface area (Å²) in [6, 6.07) is 7.94. The van der Waals surface area contributed by atoms with Crippen LogP contribution in [0.1, 0.15) is 25.3 Å². The summed E-state index contributed by atoms with van der Waals surface area (Å²) in [6.07, 6.45) is -4.57. The third-order valence-corrected chi connectivity index (χ3v) is 5.30. The predicted molar refractivity (Wildman–Crippen MR) is 102 cm³/mol. The van der Waals surface area contributed by atoms with Gasteiger partial charge in [-0.25, -0.2) is 9.78 Å². The molecule has 8 nitrogen and oxygen atoms in total. The Morgan fingerprint density at radius 1 is 1.29 bits per heavy atom. The average Bonchev–Trinajstić information content (AvgIpc) is 3.06. The third-order valence-electron chi connectivity index (χ3n) is 5.30. The summed E-state index contributed by atoms with van der Waals surface area (Å²) in [7, 11) is 0. The van der Waals surface area contributed by atoms with Crippen LogP contribution in [0.15, 0.2) is 45.9 Å². The maximum absolute atomic E-state index is 12.6. The first-order valence-corrected chi connectivity index (χ1v) is 9.28. The van der Waals surface area contributed by atoms with Gasteiger partial charge >= 0.3 is 12.3 Å². The zero-order valence-electron chi connectivity index (χ0n) is 16.2. The lowest BCUT2D eigenvalue weighted by Gasteiger charge is -2.51. The van der Waals surface area contributed by atoms with Gasteiger partial charge in [0.1, 0.15) is 24.0 Å². The van der Waals surface area contributed by atoms with E-state index in [1.54, 1.807) is 31.2 Å². The number of nitrogens with zero attached hydrogens (tertiary/aromatic N) is 2. The molecule has 0 radical (unpaired) electrons. The van der Waals surface area contributed by atoms with E-state index in [0.717, 1.165) is 6.33 Å². The van der Waals surface area contributed by atoms with Crippen LogP contribution in [0.5, 0.6) is 0 Å². The Labute approximate surface area is 172 Å². The molecule has 164 valence electrons. The van der Waals surface area contributed by atoms with Crippen molar-refractivity contribution in [2.24, 2.45) is 0 Å². The minimum absolute atomic E-state index is 0.0788. The van der Waals surface area contributed by atoms with Crippen molar-refractivity contribution in [1.29, 1.82) is 0 Å². The molecule has 1 aromatic carbocycles. The molecule has 0 saturated heterocycles. The van der Waals surface area contributed by atoms with Crippen molar-refractivity contribution in [3.05, 3.63) is 52.6 Å². The highest BCUT2D eigenvalue weighted by molar-refractivity contribution is 5.79. The number of nitrogens with one attached hydrogen (secondary N) is 1. The zero-order chi connectivity index (χ0) is 22.6. The molecule has 1 saturated carbocycles. The zero-order valence-corrected chi connectivity index (χ0v) is 16.2. The van der Waals surface area contributed by atoms with Gasteiger partial charge in [-0.2, -0.15) is 13.2 Å². The van der Waals surface area contributed by atoms with E-state index >= 15 is 0 Å². The van der Waals surface area contributed by atoms with Crippen LogP contribution < -0.4 is 10.9 Å². The number of halogens is 3. The van der Waals surface area contributed by atoms with Crippen LogP contribution in [0.25, 0.3) is 22.4 Å². The molecule has 2 aromatic heterocycles. The van der Waals surface area contributed by atoms with E-state index in [4.69, 9.17) is 9.52 Å².